The molecule has 7 heteroatoms. The van der Waals surface area contributed by atoms with Crippen LogP contribution in [0.4, 0.5) is 0 Å². The number of carboxylic acid groups (broad SMARTS) is 2. The summed E-state index contributed by atoms with van der Waals surface area (Å²) in [5.41, 5.74) is 1.39. The first-order valence-corrected chi connectivity index (χ1v) is 10.1. The Bertz CT molecular complexity index is 699. The minimum absolute atomic E-state index is 0.268. The molecule has 0 amide bonds. The van der Waals surface area contributed by atoms with E-state index < -0.39 is 11.9 Å². The minimum Gasteiger partial charge on any atom is -0.545 e. The highest BCUT2D eigenvalue weighted by atomic mass is 16.7. The second-order valence-corrected chi connectivity index (χ2v) is 7.82. The Labute approximate surface area is 170 Å². The molecule has 2 heterocycles. The van der Waals surface area contributed by atoms with Gasteiger partial charge in [-0.05, 0) is 30.6 Å². The Kier molecular flexibility index (Phi) is 7.41. The fourth-order valence-electron chi connectivity index (χ4n) is 4.40. The molecule has 0 aromatic heterocycles. The summed E-state index contributed by atoms with van der Waals surface area (Å²) in [6, 6.07) is 10.8. The molecule has 0 N–H and O–H groups in total. The summed E-state index contributed by atoms with van der Waals surface area (Å²) < 4.78 is 12.5. The lowest BCUT2D eigenvalue weighted by Crippen LogP contribution is -2.55. The molecule has 2 bridgehead atoms. The third-order valence-electron chi connectivity index (χ3n) is 5.62. The quantitative estimate of drug-likeness (QED) is 0.651. The van der Waals surface area contributed by atoms with Crippen molar-refractivity contribution >= 4 is 11.9 Å². The lowest BCUT2D eigenvalue weighted by Gasteiger charge is -2.44. The zero-order valence-corrected chi connectivity index (χ0v) is 16.5. The van der Waals surface area contributed by atoms with Crippen LogP contribution >= 0.6 is 0 Å². The van der Waals surface area contributed by atoms with Crippen LogP contribution < -0.4 is 10.2 Å². The van der Waals surface area contributed by atoms with Gasteiger partial charge in [0.1, 0.15) is 0 Å². The maximum atomic E-state index is 9.41. The van der Waals surface area contributed by atoms with Gasteiger partial charge in [0.15, 0.2) is 5.79 Å². The van der Waals surface area contributed by atoms with E-state index in [4.69, 9.17) is 9.47 Å². The number of aliphatic carboxylic acids is 2. The summed E-state index contributed by atoms with van der Waals surface area (Å²) in [4.78, 5) is 21.4. The summed E-state index contributed by atoms with van der Waals surface area (Å²) in [5.74, 6) is -2.81. The number of fused-ring (bicyclic) bond motifs is 2. The number of carbonyl (C=O) groups is 2. The first kappa shape index (κ1) is 21.5. The summed E-state index contributed by atoms with van der Waals surface area (Å²) >= 11 is 0. The number of hydrogen-bond donors (Lipinski definition) is 0. The van der Waals surface area contributed by atoms with Crippen molar-refractivity contribution in [1.82, 2.24) is 4.90 Å². The molecule has 1 saturated carbocycles. The second kappa shape index (κ2) is 10.0. The molecule has 2 atom stereocenters. The number of benzene rings is 1. The molecule has 1 aliphatic carbocycles. The van der Waals surface area contributed by atoms with E-state index >= 15 is 0 Å². The summed E-state index contributed by atoms with van der Waals surface area (Å²) in [7, 11) is 0. The Morgan fingerprint density at radius 1 is 1.07 bits per heavy atom. The molecule has 1 aromatic rings. The fraction of sp³-hybridized carbons (Fsp3) is 0.545. The van der Waals surface area contributed by atoms with Crippen molar-refractivity contribution < 1.29 is 29.3 Å². The van der Waals surface area contributed by atoms with Crippen LogP contribution in [0.3, 0.4) is 0 Å². The van der Waals surface area contributed by atoms with Gasteiger partial charge in [0.2, 0.25) is 0 Å². The van der Waals surface area contributed by atoms with E-state index in [1.165, 1.54) is 37.7 Å². The van der Waals surface area contributed by atoms with E-state index in [0.29, 0.717) is 18.1 Å². The number of nitrogens with zero attached hydrogens (tertiary/aromatic N) is 1. The highest BCUT2D eigenvalue weighted by molar-refractivity contribution is 5.87. The van der Waals surface area contributed by atoms with Crippen LogP contribution in [-0.2, 0) is 25.6 Å². The molecular weight excluding hydrogens is 374 g/mol. The van der Waals surface area contributed by atoms with E-state index in [2.05, 4.69) is 35.2 Å². The van der Waals surface area contributed by atoms with Gasteiger partial charge >= 0.3 is 0 Å². The first-order chi connectivity index (χ1) is 14.0. The van der Waals surface area contributed by atoms with Crippen molar-refractivity contribution in [2.75, 3.05) is 19.7 Å². The Balaban J connectivity index is 0.000000258. The van der Waals surface area contributed by atoms with Crippen LogP contribution in [0.5, 0.6) is 0 Å². The van der Waals surface area contributed by atoms with Crippen molar-refractivity contribution in [1.29, 1.82) is 0 Å². The van der Waals surface area contributed by atoms with E-state index in [1.54, 1.807) is 0 Å². The molecule has 2 unspecified atom stereocenters. The zero-order valence-electron chi connectivity index (χ0n) is 16.5. The number of carboxylic acids is 2. The van der Waals surface area contributed by atoms with Gasteiger partial charge < -0.3 is 29.3 Å². The maximum absolute atomic E-state index is 9.41. The van der Waals surface area contributed by atoms with Gasteiger partial charge in [0.25, 0.3) is 0 Å². The van der Waals surface area contributed by atoms with Crippen molar-refractivity contribution in [3.8, 4) is 0 Å². The van der Waals surface area contributed by atoms with Crippen LogP contribution in [0.2, 0.25) is 0 Å². The van der Waals surface area contributed by atoms with Crippen LogP contribution in [0, 0.1) is 5.92 Å². The van der Waals surface area contributed by atoms with Gasteiger partial charge in [-0.2, -0.15) is 0 Å². The molecule has 0 radical (unpaired) electrons. The molecule has 1 aromatic carbocycles. The molecule has 3 aliphatic rings. The summed E-state index contributed by atoms with van der Waals surface area (Å²) in [6.45, 7) is 3.73. The standard InChI is InChI=1S/C18H25NO2.C4H4O4/c1-3-7-15(8-4-1)11-19-12-17-13-20-18(14-19,21-17)16-9-5-2-6-10-16;5-3(6)1-2-4(7)8/h1,3-4,7-8,16-17H,2,5-6,9-14H2;1-2H,(H,5,6)(H,7,8)/p-2/b;2-1-. The lowest BCUT2D eigenvalue weighted by atomic mass is 9.82. The number of ether oxygens (including phenoxy) is 2. The third kappa shape index (κ3) is 6.13. The van der Waals surface area contributed by atoms with E-state index in [-0.39, 0.29) is 11.9 Å². The van der Waals surface area contributed by atoms with Gasteiger partial charge in [-0.3, -0.25) is 4.90 Å². The van der Waals surface area contributed by atoms with Crippen LogP contribution in [0.1, 0.15) is 37.7 Å². The topological polar surface area (TPSA) is 102 Å². The summed E-state index contributed by atoms with van der Waals surface area (Å²) in [5, 5.41) is 18.8. The molecule has 2 saturated heterocycles. The van der Waals surface area contributed by atoms with Crippen LogP contribution in [0.15, 0.2) is 42.5 Å². The SMILES string of the molecule is O=C([O-])/C=C\C(=O)[O-].c1ccc(CN2CC3COC(C4CCCCC4)(C2)O3)cc1. The largest absolute Gasteiger partial charge is 0.545 e. The second-order valence-electron chi connectivity index (χ2n) is 7.82. The highest BCUT2D eigenvalue weighted by Crippen LogP contribution is 2.43. The molecule has 2 aliphatic heterocycles. The zero-order chi connectivity index (χ0) is 20.7. The third-order valence-corrected chi connectivity index (χ3v) is 5.62. The average molecular weight is 401 g/mol. The molecule has 7 nitrogen and oxygen atoms in total. The molecule has 158 valence electrons. The number of rotatable bonds is 5. The minimum atomic E-state index is -1.55. The molecule has 0 spiro atoms. The fourth-order valence-corrected chi connectivity index (χ4v) is 4.40. The van der Waals surface area contributed by atoms with Gasteiger partial charge in [-0.1, -0.05) is 49.6 Å². The molecule has 29 heavy (non-hydrogen) atoms. The van der Waals surface area contributed by atoms with Gasteiger partial charge in [-0.15, -0.1) is 0 Å². The molecule has 3 fully saturated rings. The summed E-state index contributed by atoms with van der Waals surface area (Å²) in [6.07, 6.45) is 7.63. The number of morpholine rings is 1. The first-order valence-electron chi connectivity index (χ1n) is 10.1. The van der Waals surface area contributed by atoms with Crippen LogP contribution in [0.25, 0.3) is 0 Å². The maximum Gasteiger partial charge on any atom is 0.184 e. The average Bonchev–Trinajstić information content (AvgIpc) is 3.04. The number of carbonyl (C=O) groups excluding carboxylic acids is 2. The normalized spacial score (nSPS) is 27.4. The van der Waals surface area contributed by atoms with E-state index in [9.17, 15) is 19.8 Å². The molecule has 4 rings (SSSR count). The van der Waals surface area contributed by atoms with E-state index in [0.717, 1.165) is 26.2 Å². The predicted molar refractivity (Wildman–Crippen MR) is 101 cm³/mol. The number of hydrogen-bond acceptors (Lipinski definition) is 7. The Hall–Kier alpha value is -2.22. The van der Waals surface area contributed by atoms with Gasteiger partial charge in [-0.25, -0.2) is 0 Å². The lowest BCUT2D eigenvalue weighted by molar-refractivity contribution is -0.301. The molecular formula is C22H27NO6-2. The van der Waals surface area contributed by atoms with Gasteiger partial charge in [0.05, 0.1) is 31.2 Å². The predicted octanol–water partition coefficient (Wildman–Crippen LogP) is 0.237. The Morgan fingerprint density at radius 2 is 1.72 bits per heavy atom. The monoisotopic (exact) mass is 401 g/mol. The van der Waals surface area contributed by atoms with Crippen molar-refractivity contribution in [2.45, 2.75) is 50.5 Å². The van der Waals surface area contributed by atoms with Crippen molar-refractivity contribution in [3.63, 3.8) is 0 Å². The van der Waals surface area contributed by atoms with Gasteiger partial charge in [0, 0.05) is 19.0 Å². The smallest absolute Gasteiger partial charge is 0.184 e. The Morgan fingerprint density at radius 3 is 2.34 bits per heavy atom. The van der Waals surface area contributed by atoms with Crippen molar-refractivity contribution in [3.05, 3.63) is 48.0 Å². The highest BCUT2D eigenvalue weighted by Gasteiger charge is 2.52. The van der Waals surface area contributed by atoms with Crippen LogP contribution in [-0.4, -0.2) is 48.4 Å². The van der Waals surface area contributed by atoms with E-state index in [1.807, 2.05) is 0 Å². The van der Waals surface area contributed by atoms with Crippen molar-refractivity contribution in [2.24, 2.45) is 5.92 Å².